The van der Waals surface area contributed by atoms with E-state index < -0.39 is 17.1 Å². The number of hydrogen-bond acceptors (Lipinski definition) is 2. The standard InChI is InChI=1S/C25H50O2Si2/c1-25(2,3)19-17-15-13-11-9-10-12-14-16-18-23(27-28(4)5)22-20-24(26-21-22)29(6,7)8/h20-21,23,28H,9-19H2,1-8H3. The van der Waals surface area contributed by atoms with Gasteiger partial charge < -0.3 is 8.84 Å². The molecule has 0 aliphatic rings. The highest BCUT2D eigenvalue weighted by molar-refractivity contribution is 6.87. The quantitative estimate of drug-likeness (QED) is 0.203. The molecule has 170 valence electrons. The van der Waals surface area contributed by atoms with E-state index in [1.54, 1.807) is 0 Å². The van der Waals surface area contributed by atoms with Crippen LogP contribution in [0.3, 0.4) is 0 Å². The molecule has 1 aromatic rings. The Bertz CT molecular complexity index is 538. The zero-order valence-electron chi connectivity index (χ0n) is 20.9. The van der Waals surface area contributed by atoms with Crippen molar-refractivity contribution in [3.8, 4) is 0 Å². The summed E-state index contributed by atoms with van der Waals surface area (Å²) in [5.74, 6) is 0. The van der Waals surface area contributed by atoms with Crippen molar-refractivity contribution in [3.05, 3.63) is 17.9 Å². The zero-order valence-corrected chi connectivity index (χ0v) is 23.1. The molecule has 1 atom stereocenters. The Kier molecular flexibility index (Phi) is 12.1. The largest absolute Gasteiger partial charge is 0.474 e. The topological polar surface area (TPSA) is 22.4 Å². The highest BCUT2D eigenvalue weighted by atomic mass is 28.3. The lowest BCUT2D eigenvalue weighted by molar-refractivity contribution is 0.192. The molecule has 0 bridgehead atoms. The lowest BCUT2D eigenvalue weighted by Crippen LogP contribution is -2.36. The fourth-order valence-corrected chi connectivity index (χ4v) is 5.74. The fraction of sp³-hybridized carbons (Fsp3) is 0.840. The van der Waals surface area contributed by atoms with Crippen LogP contribution in [0, 0.1) is 5.41 Å². The molecule has 0 aliphatic carbocycles. The second-order valence-electron chi connectivity index (χ2n) is 11.4. The van der Waals surface area contributed by atoms with Crippen LogP contribution in [-0.2, 0) is 4.43 Å². The Hall–Kier alpha value is -0.326. The Balaban J connectivity index is 2.20. The van der Waals surface area contributed by atoms with Crippen molar-refractivity contribution in [1.82, 2.24) is 0 Å². The summed E-state index contributed by atoms with van der Waals surface area (Å²) in [4.78, 5) is 0. The molecular weight excluding hydrogens is 388 g/mol. The Labute approximate surface area is 184 Å². The van der Waals surface area contributed by atoms with E-state index in [9.17, 15) is 0 Å². The van der Waals surface area contributed by atoms with Crippen LogP contribution in [0.1, 0.15) is 103 Å². The Morgan fingerprint density at radius 2 is 1.41 bits per heavy atom. The molecule has 0 saturated carbocycles. The number of rotatable bonds is 15. The molecule has 1 unspecified atom stereocenters. The maximum absolute atomic E-state index is 6.36. The molecule has 1 heterocycles. The van der Waals surface area contributed by atoms with Crippen LogP contribution in [0.2, 0.25) is 32.7 Å². The summed E-state index contributed by atoms with van der Waals surface area (Å²) in [7, 11) is -2.44. The highest BCUT2D eigenvalue weighted by Crippen LogP contribution is 2.26. The predicted molar refractivity (Wildman–Crippen MR) is 135 cm³/mol. The van der Waals surface area contributed by atoms with Crippen molar-refractivity contribution < 1.29 is 8.84 Å². The first-order chi connectivity index (χ1) is 13.5. The average Bonchev–Trinajstić information content (AvgIpc) is 3.07. The van der Waals surface area contributed by atoms with Crippen LogP contribution in [-0.4, -0.2) is 17.1 Å². The normalized spacial score (nSPS) is 14.0. The van der Waals surface area contributed by atoms with E-state index in [-0.39, 0.29) is 6.10 Å². The van der Waals surface area contributed by atoms with Gasteiger partial charge in [-0.2, -0.15) is 0 Å². The summed E-state index contributed by atoms with van der Waals surface area (Å²) < 4.78 is 12.3. The second kappa shape index (κ2) is 13.2. The van der Waals surface area contributed by atoms with Crippen LogP contribution >= 0.6 is 0 Å². The molecule has 0 spiro atoms. The van der Waals surface area contributed by atoms with Gasteiger partial charge in [-0.15, -0.1) is 0 Å². The molecule has 0 aromatic carbocycles. The Morgan fingerprint density at radius 1 is 0.897 bits per heavy atom. The van der Waals surface area contributed by atoms with Gasteiger partial charge in [0.2, 0.25) is 0 Å². The molecule has 1 rings (SSSR count). The lowest BCUT2D eigenvalue weighted by Gasteiger charge is -2.19. The SMILES string of the molecule is C[SiH](C)OC(CCCCCCCCCCCC(C)(C)C)c1coc([Si](C)(C)C)c1. The first kappa shape index (κ1) is 26.7. The van der Waals surface area contributed by atoms with E-state index in [2.05, 4.69) is 59.6 Å². The third-order valence-corrected chi connectivity index (χ3v) is 8.17. The van der Waals surface area contributed by atoms with Gasteiger partial charge in [-0.05, 0) is 37.4 Å². The molecule has 4 heteroatoms. The van der Waals surface area contributed by atoms with E-state index in [0.29, 0.717) is 5.41 Å². The molecule has 29 heavy (non-hydrogen) atoms. The van der Waals surface area contributed by atoms with Crippen molar-refractivity contribution in [1.29, 1.82) is 0 Å². The van der Waals surface area contributed by atoms with Crippen molar-refractivity contribution >= 4 is 22.5 Å². The third-order valence-electron chi connectivity index (χ3n) is 5.56. The molecule has 0 amide bonds. The monoisotopic (exact) mass is 438 g/mol. The lowest BCUT2D eigenvalue weighted by atomic mass is 9.89. The van der Waals surface area contributed by atoms with E-state index in [1.807, 2.05) is 6.26 Å². The molecular formula is C25H50O2Si2. The van der Waals surface area contributed by atoms with Crippen molar-refractivity contribution in [2.24, 2.45) is 5.41 Å². The van der Waals surface area contributed by atoms with Gasteiger partial charge in [0.1, 0.15) is 8.07 Å². The summed E-state index contributed by atoms with van der Waals surface area (Å²) in [6.07, 6.45) is 17.2. The Morgan fingerprint density at radius 3 is 1.86 bits per heavy atom. The van der Waals surface area contributed by atoms with Crippen LogP contribution < -0.4 is 5.38 Å². The number of unbranched alkanes of at least 4 members (excludes halogenated alkanes) is 8. The predicted octanol–water partition coefficient (Wildman–Crippen LogP) is 8.20. The van der Waals surface area contributed by atoms with Crippen molar-refractivity contribution in [3.63, 3.8) is 0 Å². The number of furan rings is 1. The molecule has 0 N–H and O–H groups in total. The minimum atomic E-state index is -1.38. The molecule has 0 aliphatic heterocycles. The summed E-state index contributed by atoms with van der Waals surface area (Å²) in [6.45, 7) is 18.6. The average molecular weight is 439 g/mol. The van der Waals surface area contributed by atoms with Crippen molar-refractivity contribution in [2.45, 2.75) is 130 Å². The van der Waals surface area contributed by atoms with Gasteiger partial charge >= 0.3 is 0 Å². The minimum absolute atomic E-state index is 0.248. The smallest absolute Gasteiger partial charge is 0.171 e. The molecule has 1 aromatic heterocycles. The first-order valence-corrected chi connectivity index (χ1v) is 18.5. The molecule has 2 nitrogen and oxygen atoms in total. The van der Waals surface area contributed by atoms with Gasteiger partial charge in [-0.3, -0.25) is 0 Å². The summed E-state index contributed by atoms with van der Waals surface area (Å²) in [6, 6.07) is 2.29. The summed E-state index contributed by atoms with van der Waals surface area (Å²) >= 11 is 0. The van der Waals surface area contributed by atoms with Crippen molar-refractivity contribution in [2.75, 3.05) is 0 Å². The van der Waals surface area contributed by atoms with E-state index in [0.717, 1.165) is 6.42 Å². The fourth-order valence-electron chi connectivity index (χ4n) is 3.78. The highest BCUT2D eigenvalue weighted by Gasteiger charge is 2.24. The molecule has 0 saturated heterocycles. The van der Waals surface area contributed by atoms with Crippen LogP contribution in [0.4, 0.5) is 0 Å². The van der Waals surface area contributed by atoms with Gasteiger partial charge in [-0.25, -0.2) is 0 Å². The van der Waals surface area contributed by atoms with Gasteiger partial charge in [0.15, 0.2) is 9.04 Å². The molecule has 0 fully saturated rings. The van der Waals surface area contributed by atoms with E-state index in [1.165, 1.54) is 75.2 Å². The summed E-state index contributed by atoms with van der Waals surface area (Å²) in [5.41, 5.74) is 1.78. The third kappa shape index (κ3) is 12.9. The van der Waals surface area contributed by atoms with Crippen LogP contribution in [0.25, 0.3) is 0 Å². The maximum atomic E-state index is 6.36. The maximum Gasteiger partial charge on any atom is 0.171 e. The van der Waals surface area contributed by atoms with Gasteiger partial charge in [0.05, 0.1) is 17.8 Å². The van der Waals surface area contributed by atoms with Crippen LogP contribution in [0.5, 0.6) is 0 Å². The van der Waals surface area contributed by atoms with E-state index >= 15 is 0 Å². The van der Waals surface area contributed by atoms with E-state index in [4.69, 9.17) is 8.84 Å². The van der Waals surface area contributed by atoms with Crippen LogP contribution in [0.15, 0.2) is 16.7 Å². The molecule has 0 radical (unpaired) electrons. The van der Waals surface area contributed by atoms with Gasteiger partial charge in [0, 0.05) is 5.56 Å². The van der Waals surface area contributed by atoms with Gasteiger partial charge in [-0.1, -0.05) is 98.2 Å². The second-order valence-corrected chi connectivity index (χ2v) is 18.8. The first-order valence-electron chi connectivity index (χ1n) is 12.2. The minimum Gasteiger partial charge on any atom is -0.474 e. The number of hydrogen-bond donors (Lipinski definition) is 0. The zero-order chi connectivity index (χ0) is 21.9. The van der Waals surface area contributed by atoms with Gasteiger partial charge in [0.25, 0.3) is 0 Å². The summed E-state index contributed by atoms with van der Waals surface area (Å²) in [5, 5.41) is 1.20.